The Morgan fingerprint density at radius 3 is 2.58 bits per heavy atom. The van der Waals surface area contributed by atoms with E-state index in [4.69, 9.17) is 4.74 Å². The van der Waals surface area contributed by atoms with Crippen LogP contribution in [-0.4, -0.2) is 17.0 Å². The monoisotopic (exact) mass is 346 g/mol. The minimum Gasteiger partial charge on any atom is -0.507 e. The van der Waals surface area contributed by atoms with E-state index >= 15 is 0 Å². The highest BCUT2D eigenvalue weighted by Gasteiger charge is 2.32. The number of Topliss-reactive ketones (excluding diaryl/α,β-unsaturated/α-hetero) is 1. The van der Waals surface area contributed by atoms with E-state index in [1.165, 1.54) is 4.88 Å². The number of fused-ring (bicyclic) bond motifs is 1. The van der Waals surface area contributed by atoms with Crippen molar-refractivity contribution >= 4 is 17.1 Å². The van der Waals surface area contributed by atoms with E-state index in [0.717, 1.165) is 40.1 Å². The van der Waals surface area contributed by atoms with Gasteiger partial charge in [0.1, 0.15) is 11.5 Å². The number of carbonyl (C=O) groups excluding carboxylic acids is 1. The summed E-state index contributed by atoms with van der Waals surface area (Å²) in [6.45, 7) is 10.2. The maximum atomic E-state index is 12.7. The summed E-state index contributed by atoms with van der Waals surface area (Å²) in [6, 6.07) is 0. The molecule has 0 aliphatic carbocycles. The van der Waals surface area contributed by atoms with Gasteiger partial charge in [-0.25, -0.2) is 0 Å². The first-order valence-electron chi connectivity index (χ1n) is 8.26. The lowest BCUT2D eigenvalue weighted by molar-refractivity contribution is -0.685. The van der Waals surface area contributed by atoms with E-state index in [2.05, 4.69) is 6.92 Å². The van der Waals surface area contributed by atoms with Crippen LogP contribution in [0.1, 0.15) is 39.2 Å². The molecule has 3 rings (SSSR count). The molecule has 0 saturated heterocycles. The molecule has 0 amide bonds. The van der Waals surface area contributed by atoms with Crippen LogP contribution in [0, 0.1) is 34.6 Å². The van der Waals surface area contributed by atoms with Crippen molar-refractivity contribution in [3.63, 3.8) is 0 Å². The van der Waals surface area contributed by atoms with Gasteiger partial charge in [-0.1, -0.05) is 11.3 Å². The first-order chi connectivity index (χ1) is 11.3. The van der Waals surface area contributed by atoms with Gasteiger partial charge in [-0.15, -0.1) is 0 Å². The van der Waals surface area contributed by atoms with Crippen molar-refractivity contribution in [2.75, 3.05) is 0 Å². The fraction of sp³-hybridized carbons (Fsp3) is 0.474. The molecule has 0 fully saturated rings. The van der Waals surface area contributed by atoms with E-state index < -0.39 is 6.10 Å². The molecular weight excluding hydrogens is 322 g/mol. The largest absolute Gasteiger partial charge is 0.507 e. The van der Waals surface area contributed by atoms with E-state index in [0.29, 0.717) is 18.7 Å². The quantitative estimate of drug-likeness (QED) is 0.868. The second-order valence-corrected chi connectivity index (χ2v) is 7.69. The summed E-state index contributed by atoms with van der Waals surface area (Å²) in [4.78, 5) is 13.9. The molecule has 1 atom stereocenters. The van der Waals surface area contributed by atoms with Crippen molar-refractivity contribution in [1.29, 1.82) is 0 Å². The molecule has 4 nitrogen and oxygen atoms in total. The highest BCUT2D eigenvalue weighted by atomic mass is 32.1. The van der Waals surface area contributed by atoms with Gasteiger partial charge < -0.3 is 9.84 Å². The van der Waals surface area contributed by atoms with Crippen molar-refractivity contribution < 1.29 is 19.2 Å². The standard InChI is InChI=1S/C19H23NO3S/c1-10-11(2)19-15(12(3)18(10)22)6-7-17(23-19)16(21)8-20-9-24-14(5)13(20)4/h9,17H,6-8H2,1-5H3/p+1. The number of nitrogens with zero attached hydrogens (tertiary/aromatic N) is 1. The topological polar surface area (TPSA) is 50.4 Å². The molecule has 5 heteroatoms. The van der Waals surface area contributed by atoms with Crippen molar-refractivity contribution in [3.05, 3.63) is 38.3 Å². The summed E-state index contributed by atoms with van der Waals surface area (Å²) in [5.41, 5.74) is 6.81. The van der Waals surface area contributed by atoms with Crippen LogP contribution < -0.4 is 9.30 Å². The number of aromatic nitrogens is 1. The highest BCUT2D eigenvalue weighted by Crippen LogP contribution is 2.40. The van der Waals surface area contributed by atoms with Crippen LogP contribution in [0.3, 0.4) is 0 Å². The third-order valence-electron chi connectivity index (χ3n) is 5.24. The minimum atomic E-state index is -0.411. The molecular formula is C19H24NO3S+. The summed E-state index contributed by atoms with van der Waals surface area (Å²) in [5, 5.41) is 10.2. The summed E-state index contributed by atoms with van der Waals surface area (Å²) >= 11 is 1.66. The fourth-order valence-corrected chi connectivity index (χ4v) is 4.07. The number of benzene rings is 1. The lowest BCUT2D eigenvalue weighted by Gasteiger charge is -2.28. The molecule has 1 aromatic heterocycles. The van der Waals surface area contributed by atoms with Crippen molar-refractivity contribution in [1.82, 2.24) is 0 Å². The van der Waals surface area contributed by atoms with Gasteiger partial charge in [0.05, 0.1) is 4.88 Å². The van der Waals surface area contributed by atoms with Crippen molar-refractivity contribution in [2.45, 2.75) is 60.1 Å². The van der Waals surface area contributed by atoms with Crippen LogP contribution in [0.4, 0.5) is 0 Å². The number of hydrogen-bond donors (Lipinski definition) is 1. The number of ether oxygens (including phenoxy) is 1. The van der Waals surface area contributed by atoms with Crippen LogP contribution >= 0.6 is 11.3 Å². The second kappa shape index (κ2) is 6.20. The SMILES string of the molecule is Cc1sc[n+](CC(=O)C2CCc3c(C)c(O)c(C)c(C)c3O2)c1C. The Morgan fingerprint density at radius 2 is 1.96 bits per heavy atom. The van der Waals surface area contributed by atoms with Gasteiger partial charge in [-0.2, -0.15) is 4.57 Å². The molecule has 0 bridgehead atoms. The highest BCUT2D eigenvalue weighted by molar-refractivity contribution is 7.09. The number of phenolic OH excluding ortho intramolecular Hbond substituents is 1. The average Bonchev–Trinajstić information content (AvgIpc) is 2.89. The lowest BCUT2D eigenvalue weighted by atomic mass is 9.91. The molecule has 0 saturated carbocycles. The number of phenols is 1. The molecule has 1 aromatic carbocycles. The van der Waals surface area contributed by atoms with Crippen molar-refractivity contribution in [3.8, 4) is 11.5 Å². The molecule has 1 aliphatic heterocycles. The molecule has 0 spiro atoms. The maximum absolute atomic E-state index is 12.7. The van der Waals surface area contributed by atoms with E-state index in [-0.39, 0.29) is 5.78 Å². The molecule has 1 aliphatic rings. The summed E-state index contributed by atoms with van der Waals surface area (Å²) in [7, 11) is 0. The first-order valence-corrected chi connectivity index (χ1v) is 9.14. The normalized spacial score (nSPS) is 16.6. The number of thiazole rings is 1. The van der Waals surface area contributed by atoms with Gasteiger partial charge in [0.25, 0.3) is 0 Å². The Kier molecular flexibility index (Phi) is 4.38. The zero-order valence-electron chi connectivity index (χ0n) is 14.9. The Hall–Kier alpha value is -1.88. The van der Waals surface area contributed by atoms with Crippen molar-refractivity contribution in [2.24, 2.45) is 0 Å². The van der Waals surface area contributed by atoms with Gasteiger partial charge in [0, 0.05) is 12.5 Å². The summed E-state index contributed by atoms with van der Waals surface area (Å²) in [5.74, 6) is 1.24. The van der Waals surface area contributed by atoms with Crippen LogP contribution in [-0.2, 0) is 17.8 Å². The van der Waals surface area contributed by atoms with Crippen LogP contribution in [0.2, 0.25) is 0 Å². The molecule has 24 heavy (non-hydrogen) atoms. The smallest absolute Gasteiger partial charge is 0.237 e. The molecule has 1 N–H and O–H groups in total. The first kappa shape index (κ1) is 17.0. The number of rotatable bonds is 3. The maximum Gasteiger partial charge on any atom is 0.237 e. The zero-order chi connectivity index (χ0) is 17.6. The fourth-order valence-electron chi connectivity index (χ4n) is 3.27. The summed E-state index contributed by atoms with van der Waals surface area (Å²) < 4.78 is 8.09. The third kappa shape index (κ3) is 2.71. The van der Waals surface area contributed by atoms with Gasteiger partial charge in [-0.3, -0.25) is 4.79 Å². The van der Waals surface area contributed by atoms with Crippen LogP contribution in [0.25, 0.3) is 0 Å². The predicted octanol–water partition coefficient (Wildman–Crippen LogP) is 3.25. The van der Waals surface area contributed by atoms with Crippen LogP contribution in [0.15, 0.2) is 5.51 Å². The Balaban J connectivity index is 1.85. The van der Waals surface area contributed by atoms with E-state index in [1.807, 2.05) is 37.8 Å². The lowest BCUT2D eigenvalue weighted by Crippen LogP contribution is -2.45. The number of aromatic hydroxyl groups is 1. The number of carbonyl (C=O) groups is 1. The predicted molar refractivity (Wildman–Crippen MR) is 94.0 cm³/mol. The van der Waals surface area contributed by atoms with E-state index in [9.17, 15) is 9.90 Å². The Morgan fingerprint density at radius 1 is 1.25 bits per heavy atom. The Labute approximate surface area is 146 Å². The zero-order valence-corrected chi connectivity index (χ0v) is 15.7. The number of ketones is 1. The average molecular weight is 346 g/mol. The minimum absolute atomic E-state index is 0.106. The third-order valence-corrected chi connectivity index (χ3v) is 6.25. The molecule has 0 radical (unpaired) electrons. The Bertz CT molecular complexity index is 823. The summed E-state index contributed by atoms with van der Waals surface area (Å²) in [6.07, 6.45) is 1.02. The van der Waals surface area contributed by atoms with Gasteiger partial charge in [-0.05, 0) is 57.2 Å². The van der Waals surface area contributed by atoms with Gasteiger partial charge in [0.2, 0.25) is 17.8 Å². The molecule has 128 valence electrons. The second-order valence-electron chi connectivity index (χ2n) is 6.64. The van der Waals surface area contributed by atoms with Gasteiger partial charge in [0.15, 0.2) is 11.8 Å². The molecule has 1 unspecified atom stereocenters. The number of hydrogen-bond acceptors (Lipinski definition) is 4. The van der Waals surface area contributed by atoms with Gasteiger partial charge >= 0.3 is 0 Å². The van der Waals surface area contributed by atoms with Crippen LogP contribution in [0.5, 0.6) is 11.5 Å². The number of aryl methyl sites for hydroxylation is 1. The molecule has 2 aromatic rings. The molecule has 2 heterocycles. The van der Waals surface area contributed by atoms with E-state index in [1.54, 1.807) is 11.3 Å².